The maximum atomic E-state index is 12.0. The average molecular weight is 450 g/mol. The first-order chi connectivity index (χ1) is 15.1. The van der Waals surface area contributed by atoms with Crippen LogP contribution in [0.1, 0.15) is 42.5 Å². The molecule has 0 saturated heterocycles. The Bertz CT molecular complexity index is 841. The van der Waals surface area contributed by atoms with Crippen LogP contribution in [-0.4, -0.2) is 70.5 Å². The first-order valence-electron chi connectivity index (χ1n) is 9.73. The molecule has 32 heavy (non-hydrogen) atoms. The first-order valence-corrected chi connectivity index (χ1v) is 9.73. The van der Waals surface area contributed by atoms with E-state index in [1.165, 1.54) is 0 Å². The van der Waals surface area contributed by atoms with Gasteiger partial charge < -0.3 is 31.3 Å². The number of nitrogens with one attached hydrogen (secondary N) is 3. The fourth-order valence-electron chi connectivity index (χ4n) is 2.64. The molecule has 0 spiro atoms. The Balaban J connectivity index is 2.42. The maximum absolute atomic E-state index is 12.0. The Labute approximate surface area is 183 Å². The lowest BCUT2D eigenvalue weighted by Gasteiger charge is -2.18. The SMILES string of the molecule is C=Nc1ccc(C(=O)NCCCC[C@H](NC(=O)N[C@@H](CCC(=O)O)C(=O)O)C(=O)O)cc1. The highest BCUT2D eigenvalue weighted by atomic mass is 16.4. The molecule has 0 fully saturated rings. The molecule has 1 rings (SSSR count). The minimum absolute atomic E-state index is 0.0468. The molecule has 0 bridgehead atoms. The molecule has 0 aliphatic rings. The standard InChI is InChI=1S/C20H26N4O8/c1-21-13-7-5-12(6-8-13)17(27)22-11-3-2-4-14(18(28)29)23-20(32)24-15(19(30)31)9-10-16(25)26/h5-8,14-15H,1-4,9-11H2,(H,22,27)(H,25,26)(H,28,29)(H,30,31)(H2,23,24,32)/t14-,15-/m0/s1. The van der Waals surface area contributed by atoms with Crippen LogP contribution in [0.3, 0.4) is 0 Å². The van der Waals surface area contributed by atoms with Crippen molar-refractivity contribution in [1.82, 2.24) is 16.0 Å². The average Bonchev–Trinajstić information content (AvgIpc) is 2.74. The van der Waals surface area contributed by atoms with Gasteiger partial charge in [-0.15, -0.1) is 0 Å². The summed E-state index contributed by atoms with van der Waals surface area (Å²) in [6.45, 7) is 3.67. The van der Waals surface area contributed by atoms with E-state index in [1.54, 1.807) is 24.3 Å². The summed E-state index contributed by atoms with van der Waals surface area (Å²) in [5, 5.41) is 33.8. The van der Waals surface area contributed by atoms with Crippen LogP contribution in [0, 0.1) is 0 Å². The number of unbranched alkanes of at least 4 members (excludes halogenated alkanes) is 1. The summed E-state index contributed by atoms with van der Waals surface area (Å²) < 4.78 is 0. The number of aliphatic imine (C=N–C) groups is 1. The molecule has 174 valence electrons. The summed E-state index contributed by atoms with van der Waals surface area (Å²) in [4.78, 5) is 60.7. The molecule has 0 aliphatic carbocycles. The van der Waals surface area contributed by atoms with E-state index in [0.29, 0.717) is 24.1 Å². The zero-order valence-electron chi connectivity index (χ0n) is 17.2. The van der Waals surface area contributed by atoms with Crippen molar-refractivity contribution in [1.29, 1.82) is 0 Å². The third-order valence-electron chi connectivity index (χ3n) is 4.37. The van der Waals surface area contributed by atoms with E-state index in [-0.39, 0.29) is 25.3 Å². The quantitative estimate of drug-likeness (QED) is 0.178. The molecular weight excluding hydrogens is 424 g/mol. The number of urea groups is 1. The zero-order chi connectivity index (χ0) is 24.1. The maximum Gasteiger partial charge on any atom is 0.326 e. The predicted octanol–water partition coefficient (Wildman–Crippen LogP) is 0.989. The van der Waals surface area contributed by atoms with Gasteiger partial charge in [0.05, 0.1) is 5.69 Å². The molecular formula is C20H26N4O8. The summed E-state index contributed by atoms with van der Waals surface area (Å²) in [6.07, 6.45) is 0.0356. The van der Waals surface area contributed by atoms with Gasteiger partial charge in [-0.3, -0.25) is 14.6 Å². The summed E-state index contributed by atoms with van der Waals surface area (Å²) in [6, 6.07) is 2.72. The fourth-order valence-corrected chi connectivity index (χ4v) is 2.64. The largest absolute Gasteiger partial charge is 0.481 e. The van der Waals surface area contributed by atoms with Crippen LogP contribution in [0.5, 0.6) is 0 Å². The van der Waals surface area contributed by atoms with E-state index < -0.39 is 42.4 Å². The fraction of sp³-hybridized carbons (Fsp3) is 0.400. The van der Waals surface area contributed by atoms with E-state index in [9.17, 15) is 29.1 Å². The first kappa shape index (κ1) is 26.1. The van der Waals surface area contributed by atoms with Crippen LogP contribution in [0.25, 0.3) is 0 Å². The van der Waals surface area contributed by atoms with Gasteiger partial charge in [0.1, 0.15) is 12.1 Å². The Hall–Kier alpha value is -3.96. The second-order valence-electron chi connectivity index (χ2n) is 6.79. The highest BCUT2D eigenvalue weighted by Gasteiger charge is 2.24. The third kappa shape index (κ3) is 9.69. The highest BCUT2D eigenvalue weighted by Crippen LogP contribution is 2.11. The van der Waals surface area contributed by atoms with Crippen molar-refractivity contribution in [3.05, 3.63) is 29.8 Å². The number of carboxylic acid groups (broad SMARTS) is 3. The van der Waals surface area contributed by atoms with Crippen LogP contribution in [0.15, 0.2) is 29.3 Å². The van der Waals surface area contributed by atoms with Crippen LogP contribution in [-0.2, 0) is 14.4 Å². The molecule has 0 saturated carbocycles. The van der Waals surface area contributed by atoms with Crippen molar-refractivity contribution in [2.24, 2.45) is 4.99 Å². The number of nitrogens with zero attached hydrogens (tertiary/aromatic N) is 1. The molecule has 1 aromatic carbocycles. The molecule has 12 heteroatoms. The van der Waals surface area contributed by atoms with Crippen molar-refractivity contribution in [3.8, 4) is 0 Å². The molecule has 12 nitrogen and oxygen atoms in total. The third-order valence-corrected chi connectivity index (χ3v) is 4.37. The van der Waals surface area contributed by atoms with E-state index in [1.807, 2.05) is 0 Å². The van der Waals surface area contributed by atoms with Gasteiger partial charge in [0.2, 0.25) is 0 Å². The lowest BCUT2D eigenvalue weighted by Crippen LogP contribution is -2.51. The number of carbonyl (C=O) groups excluding carboxylic acids is 2. The normalized spacial score (nSPS) is 12.1. The number of hydrogen-bond donors (Lipinski definition) is 6. The van der Waals surface area contributed by atoms with Crippen molar-refractivity contribution < 1.29 is 39.3 Å². The van der Waals surface area contributed by atoms with Crippen LogP contribution in [0.2, 0.25) is 0 Å². The van der Waals surface area contributed by atoms with Gasteiger partial charge in [-0.05, 0) is 56.7 Å². The smallest absolute Gasteiger partial charge is 0.326 e. The predicted molar refractivity (Wildman–Crippen MR) is 113 cm³/mol. The number of carbonyl (C=O) groups is 5. The zero-order valence-corrected chi connectivity index (χ0v) is 17.2. The van der Waals surface area contributed by atoms with E-state index in [4.69, 9.17) is 10.2 Å². The van der Waals surface area contributed by atoms with E-state index in [0.717, 1.165) is 0 Å². The second-order valence-corrected chi connectivity index (χ2v) is 6.79. The number of carboxylic acids is 3. The molecule has 0 heterocycles. The van der Waals surface area contributed by atoms with Gasteiger partial charge in [0, 0.05) is 18.5 Å². The topological polar surface area (TPSA) is 194 Å². The van der Waals surface area contributed by atoms with Crippen LogP contribution >= 0.6 is 0 Å². The van der Waals surface area contributed by atoms with Crippen molar-refractivity contribution >= 4 is 42.3 Å². The van der Waals surface area contributed by atoms with Gasteiger partial charge in [-0.1, -0.05) is 0 Å². The van der Waals surface area contributed by atoms with Crippen LogP contribution < -0.4 is 16.0 Å². The number of aliphatic carboxylic acids is 3. The molecule has 6 N–H and O–H groups in total. The lowest BCUT2D eigenvalue weighted by atomic mass is 10.1. The van der Waals surface area contributed by atoms with E-state index >= 15 is 0 Å². The van der Waals surface area contributed by atoms with Crippen molar-refractivity contribution in [3.63, 3.8) is 0 Å². The van der Waals surface area contributed by atoms with Gasteiger partial charge in [0.15, 0.2) is 0 Å². The number of amides is 3. The molecule has 3 amide bonds. The van der Waals surface area contributed by atoms with Gasteiger partial charge in [-0.2, -0.15) is 0 Å². The molecule has 2 atom stereocenters. The summed E-state index contributed by atoms with van der Waals surface area (Å²) in [5.74, 6) is -4.26. The minimum atomic E-state index is -1.47. The summed E-state index contributed by atoms with van der Waals surface area (Å²) >= 11 is 0. The highest BCUT2D eigenvalue weighted by molar-refractivity contribution is 5.94. The molecule has 0 radical (unpaired) electrons. The van der Waals surface area contributed by atoms with Gasteiger partial charge in [-0.25, -0.2) is 14.4 Å². The van der Waals surface area contributed by atoms with E-state index in [2.05, 4.69) is 27.7 Å². The molecule has 0 aliphatic heterocycles. The van der Waals surface area contributed by atoms with Crippen molar-refractivity contribution in [2.45, 2.75) is 44.2 Å². The number of benzene rings is 1. The Morgan fingerprint density at radius 1 is 0.875 bits per heavy atom. The lowest BCUT2D eigenvalue weighted by molar-refractivity contribution is -0.140. The van der Waals surface area contributed by atoms with Crippen molar-refractivity contribution in [2.75, 3.05) is 6.54 Å². The molecule has 0 aromatic heterocycles. The minimum Gasteiger partial charge on any atom is -0.481 e. The Kier molecular flexibility index (Phi) is 10.9. The Morgan fingerprint density at radius 3 is 1.94 bits per heavy atom. The Morgan fingerprint density at radius 2 is 1.44 bits per heavy atom. The molecule has 1 aromatic rings. The second kappa shape index (κ2) is 13.4. The van der Waals surface area contributed by atoms with Gasteiger partial charge in [0.25, 0.3) is 5.91 Å². The number of hydrogen-bond acceptors (Lipinski definition) is 6. The van der Waals surface area contributed by atoms with Gasteiger partial charge >= 0.3 is 23.9 Å². The monoisotopic (exact) mass is 450 g/mol. The summed E-state index contributed by atoms with van der Waals surface area (Å²) in [7, 11) is 0. The van der Waals surface area contributed by atoms with Crippen LogP contribution in [0.4, 0.5) is 10.5 Å². The molecule has 0 unspecified atom stereocenters. The summed E-state index contributed by atoms with van der Waals surface area (Å²) in [5.41, 5.74) is 1.07. The number of rotatable bonds is 14.